The van der Waals surface area contributed by atoms with E-state index in [0.29, 0.717) is 17.4 Å². The molecule has 0 aliphatic carbocycles. The van der Waals surface area contributed by atoms with Crippen molar-refractivity contribution in [1.82, 2.24) is 15.0 Å². The Morgan fingerprint density at radius 3 is 3.06 bits per heavy atom. The van der Waals surface area contributed by atoms with Gasteiger partial charge in [-0.25, -0.2) is 14.8 Å². The number of carboxylic acid groups (broad SMARTS) is 1. The van der Waals surface area contributed by atoms with Gasteiger partial charge < -0.3 is 15.4 Å². The van der Waals surface area contributed by atoms with E-state index in [-0.39, 0.29) is 4.88 Å². The van der Waals surface area contributed by atoms with Gasteiger partial charge in [-0.2, -0.15) is 0 Å². The first-order valence-corrected chi connectivity index (χ1v) is 5.40. The first kappa shape index (κ1) is 10.6. The molecule has 0 spiro atoms. The second-order valence-electron chi connectivity index (χ2n) is 3.17. The molecule has 0 fully saturated rings. The number of nitrogens with one attached hydrogen (secondary N) is 2. The lowest BCUT2D eigenvalue weighted by atomic mass is 10.4. The normalized spacial score (nSPS) is 10.3. The van der Waals surface area contributed by atoms with Crippen molar-refractivity contribution in [3.63, 3.8) is 0 Å². The number of aromatic carboxylic acids is 1. The molecule has 0 aliphatic heterocycles. The van der Waals surface area contributed by atoms with Gasteiger partial charge in [0, 0.05) is 6.20 Å². The van der Waals surface area contributed by atoms with Crippen LogP contribution in [0.3, 0.4) is 0 Å². The lowest BCUT2D eigenvalue weighted by Gasteiger charge is -1.98. The van der Waals surface area contributed by atoms with E-state index in [0.717, 1.165) is 17.0 Å². The van der Waals surface area contributed by atoms with Crippen molar-refractivity contribution in [3.8, 4) is 0 Å². The van der Waals surface area contributed by atoms with Crippen LogP contribution in [0.4, 0.5) is 5.13 Å². The van der Waals surface area contributed by atoms with Gasteiger partial charge in [-0.3, -0.25) is 0 Å². The lowest BCUT2D eigenvalue weighted by molar-refractivity contribution is 0.0701. The molecule has 0 amide bonds. The molecule has 0 unspecified atom stereocenters. The summed E-state index contributed by atoms with van der Waals surface area (Å²) in [6.45, 7) is 2.23. The molecule has 6 nitrogen and oxygen atoms in total. The van der Waals surface area contributed by atoms with E-state index in [1.807, 2.05) is 0 Å². The van der Waals surface area contributed by atoms with Crippen LogP contribution in [0.25, 0.3) is 0 Å². The average Bonchev–Trinajstić information content (AvgIpc) is 2.83. The van der Waals surface area contributed by atoms with Crippen molar-refractivity contribution in [2.24, 2.45) is 0 Å². The number of hydrogen-bond donors (Lipinski definition) is 3. The fourth-order valence-corrected chi connectivity index (χ4v) is 2.02. The van der Waals surface area contributed by atoms with Crippen molar-refractivity contribution in [3.05, 3.63) is 28.8 Å². The Morgan fingerprint density at radius 1 is 1.69 bits per heavy atom. The summed E-state index contributed by atoms with van der Waals surface area (Å²) in [6, 6.07) is 0. The van der Waals surface area contributed by atoms with Gasteiger partial charge in [0.05, 0.1) is 24.3 Å². The molecule has 84 valence electrons. The van der Waals surface area contributed by atoms with Crippen LogP contribution in [-0.2, 0) is 6.54 Å². The highest BCUT2D eigenvalue weighted by atomic mass is 32.1. The Balaban J connectivity index is 2.05. The highest BCUT2D eigenvalue weighted by Gasteiger charge is 2.13. The number of carboxylic acids is 1. The summed E-state index contributed by atoms with van der Waals surface area (Å²) in [4.78, 5) is 22.0. The van der Waals surface area contributed by atoms with Crippen molar-refractivity contribution in [2.45, 2.75) is 13.5 Å². The average molecular weight is 238 g/mol. The third-order valence-corrected chi connectivity index (χ3v) is 3.08. The summed E-state index contributed by atoms with van der Waals surface area (Å²) in [7, 11) is 0. The first-order chi connectivity index (χ1) is 7.66. The molecule has 0 saturated carbocycles. The molecule has 0 radical (unpaired) electrons. The zero-order chi connectivity index (χ0) is 11.5. The van der Waals surface area contributed by atoms with E-state index in [1.165, 1.54) is 0 Å². The molecule has 3 N–H and O–H groups in total. The Kier molecular flexibility index (Phi) is 2.86. The quantitative estimate of drug-likeness (QED) is 0.750. The topological polar surface area (TPSA) is 90.9 Å². The lowest BCUT2D eigenvalue weighted by Crippen LogP contribution is -1.98. The van der Waals surface area contributed by atoms with Crippen LogP contribution in [0.5, 0.6) is 0 Å². The minimum Gasteiger partial charge on any atom is -0.477 e. The minimum atomic E-state index is -0.940. The highest BCUT2D eigenvalue weighted by Crippen LogP contribution is 2.22. The van der Waals surface area contributed by atoms with Gasteiger partial charge >= 0.3 is 5.97 Å². The van der Waals surface area contributed by atoms with Gasteiger partial charge in [0.1, 0.15) is 4.88 Å². The summed E-state index contributed by atoms with van der Waals surface area (Å²) in [5.74, 6) is -0.940. The van der Waals surface area contributed by atoms with Gasteiger partial charge in [-0.15, -0.1) is 0 Å². The van der Waals surface area contributed by atoms with Crippen LogP contribution in [-0.4, -0.2) is 26.0 Å². The molecule has 2 rings (SSSR count). The Morgan fingerprint density at radius 2 is 2.50 bits per heavy atom. The van der Waals surface area contributed by atoms with Crippen LogP contribution in [0.2, 0.25) is 0 Å². The van der Waals surface area contributed by atoms with Crippen LogP contribution >= 0.6 is 11.3 Å². The Labute approximate surface area is 95.4 Å². The molecule has 0 aromatic carbocycles. The maximum absolute atomic E-state index is 10.8. The number of aromatic nitrogens is 3. The van der Waals surface area contributed by atoms with Gasteiger partial charge in [0.25, 0.3) is 0 Å². The predicted molar refractivity (Wildman–Crippen MR) is 59.7 cm³/mol. The summed E-state index contributed by atoms with van der Waals surface area (Å²) >= 11 is 1.13. The van der Waals surface area contributed by atoms with Gasteiger partial charge in [0.15, 0.2) is 5.13 Å². The minimum absolute atomic E-state index is 0.270. The number of hydrogen-bond acceptors (Lipinski definition) is 5. The molecule has 0 atom stereocenters. The van der Waals surface area contributed by atoms with Crippen LogP contribution in [0, 0.1) is 6.92 Å². The molecule has 0 saturated heterocycles. The number of carbonyl (C=O) groups is 1. The predicted octanol–water partition coefficient (Wildman–Crippen LogP) is 1.48. The molecule has 2 aromatic heterocycles. The molecular formula is C9H10N4O2S. The number of aromatic amines is 1. The van der Waals surface area contributed by atoms with E-state index < -0.39 is 5.97 Å². The first-order valence-electron chi connectivity index (χ1n) is 4.58. The number of thiazole rings is 1. The number of rotatable bonds is 4. The second-order valence-corrected chi connectivity index (χ2v) is 4.17. The van der Waals surface area contributed by atoms with E-state index in [1.54, 1.807) is 19.4 Å². The fraction of sp³-hybridized carbons (Fsp3) is 0.222. The smallest absolute Gasteiger partial charge is 0.347 e. The SMILES string of the molecule is Cc1nc(NCc2cnc[nH]2)sc1C(=O)O. The maximum Gasteiger partial charge on any atom is 0.347 e. The summed E-state index contributed by atoms with van der Waals surface area (Å²) in [5, 5.41) is 12.5. The van der Waals surface area contributed by atoms with Crippen LogP contribution in [0.1, 0.15) is 21.1 Å². The monoisotopic (exact) mass is 238 g/mol. The second kappa shape index (κ2) is 4.31. The number of H-pyrrole nitrogens is 1. The third kappa shape index (κ3) is 2.19. The summed E-state index contributed by atoms with van der Waals surface area (Å²) in [6.07, 6.45) is 3.29. The molecule has 0 bridgehead atoms. The maximum atomic E-state index is 10.8. The fourth-order valence-electron chi connectivity index (χ4n) is 1.22. The van der Waals surface area contributed by atoms with Gasteiger partial charge in [-0.1, -0.05) is 11.3 Å². The molecule has 0 aliphatic rings. The van der Waals surface area contributed by atoms with Gasteiger partial charge in [0.2, 0.25) is 0 Å². The zero-order valence-electron chi connectivity index (χ0n) is 8.52. The van der Waals surface area contributed by atoms with Gasteiger partial charge in [-0.05, 0) is 6.92 Å². The molecule has 2 heterocycles. The molecule has 16 heavy (non-hydrogen) atoms. The molecule has 2 aromatic rings. The number of aryl methyl sites for hydroxylation is 1. The summed E-state index contributed by atoms with van der Waals surface area (Å²) in [5.41, 5.74) is 1.45. The highest BCUT2D eigenvalue weighted by molar-refractivity contribution is 7.17. The van der Waals surface area contributed by atoms with E-state index in [4.69, 9.17) is 5.11 Å². The zero-order valence-corrected chi connectivity index (χ0v) is 9.34. The molecular weight excluding hydrogens is 228 g/mol. The standard InChI is InChI=1S/C9H10N4O2S/c1-5-7(8(14)15)16-9(13-5)11-3-6-2-10-4-12-6/h2,4H,3H2,1H3,(H,10,12)(H,11,13)(H,14,15). The Bertz CT molecular complexity index is 492. The van der Waals surface area contributed by atoms with Crippen molar-refractivity contribution >= 4 is 22.4 Å². The Hall–Kier alpha value is -1.89. The largest absolute Gasteiger partial charge is 0.477 e. The number of nitrogens with zero attached hydrogens (tertiary/aromatic N) is 2. The van der Waals surface area contributed by atoms with Crippen molar-refractivity contribution in [2.75, 3.05) is 5.32 Å². The number of imidazole rings is 1. The third-order valence-electron chi connectivity index (χ3n) is 1.98. The van der Waals surface area contributed by atoms with Crippen molar-refractivity contribution < 1.29 is 9.90 Å². The number of anilines is 1. The van der Waals surface area contributed by atoms with Crippen LogP contribution < -0.4 is 5.32 Å². The van der Waals surface area contributed by atoms with E-state index in [9.17, 15) is 4.79 Å². The van der Waals surface area contributed by atoms with E-state index in [2.05, 4.69) is 20.3 Å². The molecule has 7 heteroatoms. The van der Waals surface area contributed by atoms with Crippen LogP contribution in [0.15, 0.2) is 12.5 Å². The summed E-state index contributed by atoms with van der Waals surface area (Å²) < 4.78 is 0. The van der Waals surface area contributed by atoms with E-state index >= 15 is 0 Å². The van der Waals surface area contributed by atoms with Crippen molar-refractivity contribution in [1.29, 1.82) is 0 Å².